The van der Waals surface area contributed by atoms with Crippen LogP contribution in [0.4, 0.5) is 0 Å². The van der Waals surface area contributed by atoms with E-state index >= 15 is 0 Å². The SMILES string of the molecule is CCN1CCC(N2CCN(C3CCN(C(=O)CCN(C)S(=O)(=O)c4c(C)cc(OC)cc4C)C3)CC2)CC1. The average Bonchev–Trinajstić information content (AvgIpc) is 3.41. The zero-order valence-corrected chi connectivity index (χ0v) is 24.8. The van der Waals surface area contributed by atoms with Gasteiger partial charge in [0.25, 0.3) is 0 Å². The van der Waals surface area contributed by atoms with Crippen molar-refractivity contribution in [3.05, 3.63) is 23.3 Å². The van der Waals surface area contributed by atoms with Gasteiger partial charge in [0.2, 0.25) is 15.9 Å². The number of amides is 1. The highest BCUT2D eigenvalue weighted by Gasteiger charge is 2.34. The lowest BCUT2D eigenvalue weighted by atomic mass is 10.0. The molecule has 3 aliphatic heterocycles. The highest BCUT2D eigenvalue weighted by atomic mass is 32.2. The van der Waals surface area contributed by atoms with Gasteiger partial charge < -0.3 is 14.5 Å². The first-order chi connectivity index (χ1) is 18.1. The molecule has 1 unspecified atom stereocenters. The number of likely N-dealkylation sites (tertiary alicyclic amines) is 2. The Morgan fingerprint density at radius 2 is 1.50 bits per heavy atom. The van der Waals surface area contributed by atoms with Crippen molar-refractivity contribution in [2.24, 2.45) is 0 Å². The van der Waals surface area contributed by atoms with Crippen molar-refractivity contribution in [2.75, 3.05) is 79.6 Å². The number of hydrogen-bond acceptors (Lipinski definition) is 7. The Balaban J connectivity index is 1.23. The quantitative estimate of drug-likeness (QED) is 0.467. The number of piperidine rings is 1. The van der Waals surface area contributed by atoms with Crippen molar-refractivity contribution in [2.45, 2.75) is 63.4 Å². The van der Waals surface area contributed by atoms with E-state index in [1.807, 2.05) is 4.90 Å². The first kappa shape index (κ1) is 29.3. The summed E-state index contributed by atoms with van der Waals surface area (Å²) in [6.45, 7) is 15.5. The van der Waals surface area contributed by atoms with Gasteiger partial charge in [0, 0.05) is 71.4 Å². The fraction of sp³-hybridized carbons (Fsp3) is 0.750. The van der Waals surface area contributed by atoms with Gasteiger partial charge in [-0.25, -0.2) is 12.7 Å². The van der Waals surface area contributed by atoms with Gasteiger partial charge in [0.1, 0.15) is 5.75 Å². The van der Waals surface area contributed by atoms with E-state index in [0.29, 0.717) is 27.8 Å². The van der Waals surface area contributed by atoms with Crippen LogP contribution in [0.2, 0.25) is 0 Å². The van der Waals surface area contributed by atoms with E-state index in [2.05, 4.69) is 21.6 Å². The number of nitrogens with zero attached hydrogens (tertiary/aromatic N) is 5. The maximum Gasteiger partial charge on any atom is 0.243 e. The number of carbonyl (C=O) groups excluding carboxylic acids is 1. The molecule has 3 heterocycles. The third-order valence-electron chi connectivity index (χ3n) is 8.88. The van der Waals surface area contributed by atoms with Crippen molar-refractivity contribution in [1.82, 2.24) is 23.9 Å². The van der Waals surface area contributed by atoms with Gasteiger partial charge in [-0.1, -0.05) is 6.92 Å². The summed E-state index contributed by atoms with van der Waals surface area (Å²) < 4.78 is 33.1. The lowest BCUT2D eigenvalue weighted by Gasteiger charge is -2.44. The molecule has 3 aliphatic rings. The van der Waals surface area contributed by atoms with Crippen molar-refractivity contribution in [3.8, 4) is 5.75 Å². The van der Waals surface area contributed by atoms with Crippen LogP contribution in [0, 0.1) is 13.8 Å². The molecule has 0 radical (unpaired) electrons. The normalized spacial score (nSPS) is 22.9. The Morgan fingerprint density at radius 1 is 0.947 bits per heavy atom. The number of hydrogen-bond donors (Lipinski definition) is 0. The molecular formula is C28H47N5O4S. The monoisotopic (exact) mass is 549 g/mol. The highest BCUT2D eigenvalue weighted by Crippen LogP contribution is 2.28. The van der Waals surface area contributed by atoms with Gasteiger partial charge in [-0.15, -0.1) is 0 Å². The fourth-order valence-corrected chi connectivity index (χ4v) is 8.03. The summed E-state index contributed by atoms with van der Waals surface area (Å²) in [4.78, 5) is 23.1. The molecule has 0 aliphatic carbocycles. The standard InChI is InChI=1S/C28H47N5O4S/c1-6-30-12-7-24(8-13-30)31-15-17-32(18-16-31)25-9-14-33(21-25)27(34)10-11-29(4)38(35,36)28-22(2)19-26(37-5)20-23(28)3/h19-20,24-25H,6-18,21H2,1-5H3. The van der Waals surface area contributed by atoms with E-state index in [1.54, 1.807) is 40.1 Å². The van der Waals surface area contributed by atoms with Crippen LogP contribution in [-0.2, 0) is 14.8 Å². The van der Waals surface area contributed by atoms with Gasteiger partial charge in [0.05, 0.1) is 12.0 Å². The maximum atomic E-state index is 13.3. The molecule has 214 valence electrons. The lowest BCUT2D eigenvalue weighted by molar-refractivity contribution is -0.130. The van der Waals surface area contributed by atoms with E-state index in [4.69, 9.17) is 4.74 Å². The van der Waals surface area contributed by atoms with E-state index in [1.165, 1.54) is 30.2 Å². The number of ether oxygens (including phenoxy) is 1. The minimum Gasteiger partial charge on any atom is -0.497 e. The molecule has 4 rings (SSSR count). The second-order valence-electron chi connectivity index (χ2n) is 11.2. The molecule has 0 spiro atoms. The molecule has 1 aromatic rings. The first-order valence-electron chi connectivity index (χ1n) is 14.2. The van der Waals surface area contributed by atoms with Crippen LogP contribution in [0.1, 0.15) is 43.7 Å². The molecule has 0 N–H and O–H groups in total. The molecule has 9 nitrogen and oxygen atoms in total. The Morgan fingerprint density at radius 3 is 2.05 bits per heavy atom. The number of sulfonamides is 1. The number of carbonyl (C=O) groups is 1. The number of aryl methyl sites for hydroxylation is 2. The Labute approximate surface area is 229 Å². The third kappa shape index (κ3) is 6.53. The van der Waals surface area contributed by atoms with E-state index in [0.717, 1.165) is 58.3 Å². The van der Waals surface area contributed by atoms with Gasteiger partial charge in [-0.3, -0.25) is 14.6 Å². The van der Waals surface area contributed by atoms with Crippen molar-refractivity contribution >= 4 is 15.9 Å². The summed E-state index contributed by atoms with van der Waals surface area (Å²) in [5, 5.41) is 0. The van der Waals surface area contributed by atoms with Gasteiger partial charge in [0.15, 0.2) is 0 Å². The zero-order chi connectivity index (χ0) is 27.4. The topological polar surface area (TPSA) is 76.6 Å². The fourth-order valence-electron chi connectivity index (χ4n) is 6.46. The molecule has 0 bridgehead atoms. The van der Waals surface area contributed by atoms with E-state index in [-0.39, 0.29) is 18.9 Å². The minimum absolute atomic E-state index is 0.0408. The number of piperazine rings is 1. The van der Waals surface area contributed by atoms with Gasteiger partial charge >= 0.3 is 0 Å². The van der Waals surface area contributed by atoms with Crippen LogP contribution < -0.4 is 4.74 Å². The third-order valence-corrected chi connectivity index (χ3v) is 11.0. The van der Waals surface area contributed by atoms with Gasteiger partial charge in [-0.05, 0) is 76.0 Å². The van der Waals surface area contributed by atoms with Crippen molar-refractivity contribution in [1.29, 1.82) is 0 Å². The molecule has 38 heavy (non-hydrogen) atoms. The second-order valence-corrected chi connectivity index (χ2v) is 13.2. The molecule has 3 fully saturated rings. The van der Waals surface area contributed by atoms with Gasteiger partial charge in [-0.2, -0.15) is 0 Å². The summed E-state index contributed by atoms with van der Waals surface area (Å²) in [6, 6.07) is 4.60. The Hall–Kier alpha value is -1.72. The second kappa shape index (κ2) is 12.6. The molecule has 0 saturated carbocycles. The zero-order valence-electron chi connectivity index (χ0n) is 24.0. The van der Waals surface area contributed by atoms with Crippen LogP contribution in [0.5, 0.6) is 5.75 Å². The summed E-state index contributed by atoms with van der Waals surface area (Å²) in [5.74, 6) is 0.679. The molecular weight excluding hydrogens is 502 g/mol. The average molecular weight is 550 g/mol. The Kier molecular flexibility index (Phi) is 9.73. The van der Waals surface area contributed by atoms with Crippen LogP contribution in [-0.4, -0.2) is 130 Å². The molecule has 3 saturated heterocycles. The van der Waals surface area contributed by atoms with Crippen LogP contribution in [0.3, 0.4) is 0 Å². The predicted molar refractivity (Wildman–Crippen MR) is 150 cm³/mol. The van der Waals surface area contributed by atoms with Crippen LogP contribution in [0.25, 0.3) is 0 Å². The molecule has 10 heteroatoms. The minimum atomic E-state index is -3.70. The van der Waals surface area contributed by atoms with Crippen molar-refractivity contribution in [3.63, 3.8) is 0 Å². The number of benzene rings is 1. The van der Waals surface area contributed by atoms with E-state index in [9.17, 15) is 13.2 Å². The molecule has 1 atom stereocenters. The van der Waals surface area contributed by atoms with Crippen molar-refractivity contribution < 1.29 is 17.9 Å². The molecule has 1 aromatic carbocycles. The summed E-state index contributed by atoms with van der Waals surface area (Å²) in [5.41, 5.74) is 1.29. The lowest BCUT2D eigenvalue weighted by Crippen LogP contribution is -2.55. The number of rotatable bonds is 9. The Bertz CT molecular complexity index is 1040. The summed E-state index contributed by atoms with van der Waals surface area (Å²) >= 11 is 0. The first-order valence-corrected chi connectivity index (χ1v) is 15.7. The predicted octanol–water partition coefficient (Wildman–Crippen LogP) is 2.03. The summed E-state index contributed by atoms with van der Waals surface area (Å²) in [6.07, 6.45) is 3.75. The largest absolute Gasteiger partial charge is 0.497 e. The smallest absolute Gasteiger partial charge is 0.243 e. The highest BCUT2D eigenvalue weighted by molar-refractivity contribution is 7.89. The summed E-state index contributed by atoms with van der Waals surface area (Å²) in [7, 11) is -0.571. The maximum absolute atomic E-state index is 13.3. The number of methoxy groups -OCH3 is 1. The molecule has 0 aromatic heterocycles. The van der Waals surface area contributed by atoms with E-state index < -0.39 is 10.0 Å². The van der Waals surface area contributed by atoms with Crippen LogP contribution >= 0.6 is 0 Å². The van der Waals surface area contributed by atoms with Crippen LogP contribution in [0.15, 0.2) is 17.0 Å². The molecule has 1 amide bonds.